The number of aromatic nitrogens is 1. The van der Waals surface area contributed by atoms with Crippen molar-refractivity contribution in [2.45, 2.75) is 39.3 Å². The van der Waals surface area contributed by atoms with E-state index in [0.717, 1.165) is 54.8 Å². The minimum absolute atomic E-state index is 0.110. The predicted octanol–water partition coefficient (Wildman–Crippen LogP) is 3.19. The van der Waals surface area contributed by atoms with Crippen molar-refractivity contribution in [3.63, 3.8) is 0 Å². The Morgan fingerprint density at radius 1 is 1.07 bits per heavy atom. The molecule has 0 unspecified atom stereocenters. The van der Waals surface area contributed by atoms with E-state index in [2.05, 4.69) is 30.0 Å². The van der Waals surface area contributed by atoms with Gasteiger partial charge in [-0.15, -0.1) is 0 Å². The van der Waals surface area contributed by atoms with E-state index in [4.69, 9.17) is 4.42 Å². The zero-order valence-corrected chi connectivity index (χ0v) is 16.3. The smallest absolute Gasteiger partial charge is 0.336 e. The molecular weight excluding hydrogens is 352 g/mol. The van der Waals surface area contributed by atoms with Crippen LogP contribution in [0.4, 0.5) is 0 Å². The van der Waals surface area contributed by atoms with E-state index < -0.39 is 0 Å². The fourth-order valence-electron chi connectivity index (χ4n) is 5.17. The number of nitrogens with zero attached hydrogens (tertiary/aromatic N) is 2. The molecule has 2 aromatic heterocycles. The van der Waals surface area contributed by atoms with Gasteiger partial charge in [0.05, 0.1) is 0 Å². The summed E-state index contributed by atoms with van der Waals surface area (Å²) in [6.45, 7) is 7.44. The SMILES string of the molecule is Cc1cc(C)c2oc(=O)cc(CN3C[C@@H]4C[C@@H](C3)c3cccc(=O)n3C4)c2c1. The highest BCUT2D eigenvalue weighted by Gasteiger charge is 2.34. The van der Waals surface area contributed by atoms with E-state index in [1.54, 1.807) is 12.1 Å². The molecule has 2 aliphatic rings. The number of likely N-dealkylation sites (tertiary alicyclic amines) is 1. The third-order valence-electron chi connectivity index (χ3n) is 6.21. The lowest BCUT2D eigenvalue weighted by atomic mass is 9.83. The van der Waals surface area contributed by atoms with Gasteiger partial charge in [0, 0.05) is 55.3 Å². The summed E-state index contributed by atoms with van der Waals surface area (Å²) in [4.78, 5) is 26.8. The lowest BCUT2D eigenvalue weighted by Gasteiger charge is -2.42. The van der Waals surface area contributed by atoms with Gasteiger partial charge in [-0.25, -0.2) is 4.79 Å². The molecular formula is C23H24N2O3. The highest BCUT2D eigenvalue weighted by atomic mass is 16.4. The van der Waals surface area contributed by atoms with Crippen LogP contribution in [0.1, 0.15) is 34.7 Å². The second-order valence-electron chi connectivity index (χ2n) is 8.44. The Balaban J connectivity index is 1.50. The average molecular weight is 376 g/mol. The summed E-state index contributed by atoms with van der Waals surface area (Å²) in [5.74, 6) is 0.845. The van der Waals surface area contributed by atoms with Gasteiger partial charge in [-0.3, -0.25) is 9.69 Å². The topological polar surface area (TPSA) is 55.5 Å². The van der Waals surface area contributed by atoms with Crippen molar-refractivity contribution in [2.24, 2.45) is 5.92 Å². The van der Waals surface area contributed by atoms with Crippen LogP contribution in [0.2, 0.25) is 0 Å². The van der Waals surface area contributed by atoms with Crippen LogP contribution in [0, 0.1) is 19.8 Å². The first-order chi connectivity index (χ1) is 13.5. The predicted molar refractivity (Wildman–Crippen MR) is 109 cm³/mol. The first-order valence-corrected chi connectivity index (χ1v) is 9.94. The molecule has 0 saturated carbocycles. The van der Waals surface area contributed by atoms with E-state index in [1.165, 1.54) is 5.56 Å². The van der Waals surface area contributed by atoms with Crippen LogP contribution >= 0.6 is 0 Å². The van der Waals surface area contributed by atoms with Crippen LogP contribution in [0.3, 0.4) is 0 Å². The largest absolute Gasteiger partial charge is 0.422 e. The summed E-state index contributed by atoms with van der Waals surface area (Å²) in [6.07, 6.45) is 1.13. The summed E-state index contributed by atoms with van der Waals surface area (Å²) >= 11 is 0. The highest BCUT2D eigenvalue weighted by molar-refractivity contribution is 5.83. The zero-order chi connectivity index (χ0) is 19.4. The van der Waals surface area contributed by atoms with Crippen LogP contribution in [0.25, 0.3) is 11.0 Å². The second-order valence-corrected chi connectivity index (χ2v) is 8.44. The highest BCUT2D eigenvalue weighted by Crippen LogP contribution is 2.36. The molecule has 1 saturated heterocycles. The molecule has 0 spiro atoms. The summed E-state index contributed by atoms with van der Waals surface area (Å²) in [5.41, 5.74) is 4.87. The third kappa shape index (κ3) is 2.90. The molecule has 5 rings (SSSR count). The molecule has 0 amide bonds. The molecule has 144 valence electrons. The summed E-state index contributed by atoms with van der Waals surface area (Å²) < 4.78 is 7.45. The van der Waals surface area contributed by atoms with Gasteiger partial charge < -0.3 is 8.98 Å². The molecule has 0 aliphatic carbocycles. The third-order valence-corrected chi connectivity index (χ3v) is 6.21. The second kappa shape index (κ2) is 6.45. The molecule has 2 atom stereocenters. The number of fused-ring (bicyclic) bond motifs is 5. The number of hydrogen-bond acceptors (Lipinski definition) is 4. The van der Waals surface area contributed by atoms with E-state index in [0.29, 0.717) is 17.4 Å². The monoisotopic (exact) mass is 376 g/mol. The maximum atomic E-state index is 12.2. The number of piperidine rings is 1. The molecule has 0 radical (unpaired) electrons. The van der Waals surface area contributed by atoms with Crippen molar-refractivity contribution in [3.8, 4) is 0 Å². The molecule has 1 aromatic carbocycles. The Morgan fingerprint density at radius 3 is 2.79 bits per heavy atom. The first-order valence-electron chi connectivity index (χ1n) is 9.94. The van der Waals surface area contributed by atoms with Gasteiger partial charge in [-0.05, 0) is 55.0 Å². The van der Waals surface area contributed by atoms with Gasteiger partial charge in [0.25, 0.3) is 5.56 Å². The van der Waals surface area contributed by atoms with Gasteiger partial charge >= 0.3 is 5.63 Å². The van der Waals surface area contributed by atoms with E-state index in [1.807, 2.05) is 17.6 Å². The van der Waals surface area contributed by atoms with Crippen LogP contribution in [0.5, 0.6) is 0 Å². The molecule has 28 heavy (non-hydrogen) atoms. The molecule has 3 aromatic rings. The fraction of sp³-hybridized carbons (Fsp3) is 0.391. The Morgan fingerprint density at radius 2 is 1.93 bits per heavy atom. The van der Waals surface area contributed by atoms with E-state index >= 15 is 0 Å². The minimum Gasteiger partial charge on any atom is -0.422 e. The summed E-state index contributed by atoms with van der Waals surface area (Å²) in [7, 11) is 0. The molecule has 2 bridgehead atoms. The zero-order valence-electron chi connectivity index (χ0n) is 16.3. The van der Waals surface area contributed by atoms with Gasteiger partial charge in [-0.1, -0.05) is 12.1 Å². The molecule has 2 aliphatic heterocycles. The van der Waals surface area contributed by atoms with Gasteiger partial charge in [0.15, 0.2) is 0 Å². The van der Waals surface area contributed by atoms with Crippen molar-refractivity contribution in [2.75, 3.05) is 13.1 Å². The van der Waals surface area contributed by atoms with Gasteiger partial charge in [0.1, 0.15) is 5.58 Å². The number of hydrogen-bond donors (Lipinski definition) is 0. The maximum Gasteiger partial charge on any atom is 0.336 e. The standard InChI is InChI=1S/C23H24N2O3/c1-14-6-15(2)23-19(7-14)17(9-22(27)28-23)12-24-10-16-8-18(13-24)20-4-3-5-21(26)25(20)11-16/h3-7,9,16,18H,8,10-13H2,1-2H3/t16-,18-/m0/s1. The molecule has 5 heteroatoms. The fourth-order valence-corrected chi connectivity index (χ4v) is 5.17. The summed E-state index contributed by atoms with van der Waals surface area (Å²) in [5, 5.41) is 1.03. The van der Waals surface area contributed by atoms with Crippen LogP contribution < -0.4 is 11.2 Å². The van der Waals surface area contributed by atoms with Crippen LogP contribution in [0.15, 0.2) is 50.4 Å². The minimum atomic E-state index is -0.288. The Hall–Kier alpha value is -2.66. The number of pyridine rings is 1. The first kappa shape index (κ1) is 17.4. The normalized spacial score (nSPS) is 21.6. The Labute approximate surface area is 163 Å². The maximum absolute atomic E-state index is 12.2. The van der Waals surface area contributed by atoms with Crippen molar-refractivity contribution in [1.29, 1.82) is 0 Å². The van der Waals surface area contributed by atoms with Crippen LogP contribution in [-0.4, -0.2) is 22.6 Å². The average Bonchev–Trinajstić information content (AvgIpc) is 2.64. The number of benzene rings is 1. The lowest BCUT2D eigenvalue weighted by molar-refractivity contribution is 0.114. The molecule has 0 N–H and O–H groups in total. The molecule has 1 fully saturated rings. The summed E-state index contributed by atoms with van der Waals surface area (Å²) in [6, 6.07) is 11.4. The van der Waals surface area contributed by atoms with Crippen molar-refractivity contribution < 1.29 is 4.42 Å². The van der Waals surface area contributed by atoms with Gasteiger partial charge in [0.2, 0.25) is 0 Å². The van der Waals surface area contributed by atoms with E-state index in [-0.39, 0.29) is 11.2 Å². The lowest BCUT2D eigenvalue weighted by Crippen LogP contribution is -2.46. The van der Waals surface area contributed by atoms with Crippen molar-refractivity contribution in [1.82, 2.24) is 9.47 Å². The molecule has 5 nitrogen and oxygen atoms in total. The van der Waals surface area contributed by atoms with Gasteiger partial charge in [-0.2, -0.15) is 0 Å². The number of aryl methyl sites for hydroxylation is 2. The molecule has 4 heterocycles. The van der Waals surface area contributed by atoms with Crippen molar-refractivity contribution >= 4 is 11.0 Å². The quantitative estimate of drug-likeness (QED) is 0.645. The Bertz CT molecular complexity index is 1190. The number of rotatable bonds is 2. The van der Waals surface area contributed by atoms with Crippen LogP contribution in [-0.2, 0) is 13.1 Å². The van der Waals surface area contributed by atoms with E-state index in [9.17, 15) is 9.59 Å². The Kier molecular flexibility index (Phi) is 4.02. The van der Waals surface area contributed by atoms with Crippen molar-refractivity contribution in [3.05, 3.63) is 79.6 Å².